The van der Waals surface area contributed by atoms with Gasteiger partial charge in [-0.3, -0.25) is 9.10 Å². The molecule has 0 bridgehead atoms. The third-order valence-corrected chi connectivity index (χ3v) is 6.39. The van der Waals surface area contributed by atoms with Gasteiger partial charge in [-0.1, -0.05) is 48.9 Å². The number of nitrogens with zero attached hydrogens (tertiary/aromatic N) is 1. The van der Waals surface area contributed by atoms with Crippen LogP contribution < -0.4 is 9.62 Å². The van der Waals surface area contributed by atoms with Crippen LogP contribution in [-0.4, -0.2) is 26.6 Å². The highest BCUT2D eigenvalue weighted by atomic mass is 35.5. The molecule has 0 unspecified atom stereocenters. The summed E-state index contributed by atoms with van der Waals surface area (Å²) < 4.78 is 25.9. The molecule has 0 aliphatic carbocycles. The highest BCUT2D eigenvalue weighted by Gasteiger charge is 2.30. The van der Waals surface area contributed by atoms with Gasteiger partial charge in [0.1, 0.15) is 6.04 Å². The first-order valence-electron chi connectivity index (χ1n) is 9.19. The zero-order valence-corrected chi connectivity index (χ0v) is 18.4. The molecule has 0 saturated carbocycles. The number of hydrogen-bond acceptors (Lipinski definition) is 3. The summed E-state index contributed by atoms with van der Waals surface area (Å²) in [6, 6.07) is 11.8. The third-order valence-electron chi connectivity index (χ3n) is 4.75. The van der Waals surface area contributed by atoms with E-state index in [-0.39, 0.29) is 11.9 Å². The summed E-state index contributed by atoms with van der Waals surface area (Å²) in [5.41, 5.74) is 3.37. The average Bonchev–Trinajstić information content (AvgIpc) is 2.63. The number of sulfonamides is 1. The molecule has 0 spiro atoms. The van der Waals surface area contributed by atoms with Crippen molar-refractivity contribution in [3.8, 4) is 0 Å². The predicted octanol–water partition coefficient (Wildman–Crippen LogP) is 4.24. The molecule has 1 N–H and O–H groups in total. The Balaban J connectivity index is 2.24. The number of amides is 1. The second-order valence-electron chi connectivity index (χ2n) is 6.99. The minimum atomic E-state index is -3.69. The fraction of sp³-hybridized carbons (Fsp3) is 0.381. The van der Waals surface area contributed by atoms with E-state index in [0.29, 0.717) is 10.7 Å². The van der Waals surface area contributed by atoms with E-state index < -0.39 is 16.1 Å². The van der Waals surface area contributed by atoms with Crippen molar-refractivity contribution in [3.63, 3.8) is 0 Å². The van der Waals surface area contributed by atoms with E-state index in [9.17, 15) is 13.2 Å². The maximum Gasteiger partial charge on any atom is 0.244 e. The largest absolute Gasteiger partial charge is 0.348 e. The molecule has 152 valence electrons. The molecule has 0 radical (unpaired) electrons. The van der Waals surface area contributed by atoms with Gasteiger partial charge in [0.25, 0.3) is 0 Å². The highest BCUT2D eigenvalue weighted by molar-refractivity contribution is 7.92. The first-order valence-corrected chi connectivity index (χ1v) is 11.4. The Labute approximate surface area is 172 Å². The number of anilines is 1. The minimum Gasteiger partial charge on any atom is -0.348 e. The van der Waals surface area contributed by atoms with Gasteiger partial charge in [0.15, 0.2) is 0 Å². The fourth-order valence-electron chi connectivity index (χ4n) is 2.99. The van der Waals surface area contributed by atoms with Crippen LogP contribution in [0.15, 0.2) is 42.5 Å². The lowest BCUT2D eigenvalue weighted by Gasteiger charge is -2.29. The SMILES string of the molecule is CCc1ccc([C@@H](C)NC(=O)[C@@H](C)N(c2ccc(C)c(Cl)c2)S(C)(=O)=O)cc1. The van der Waals surface area contributed by atoms with Crippen molar-refractivity contribution in [2.75, 3.05) is 10.6 Å². The number of halogens is 1. The number of carbonyl (C=O) groups excluding carboxylic acids is 1. The van der Waals surface area contributed by atoms with Crippen LogP contribution in [0.4, 0.5) is 5.69 Å². The summed E-state index contributed by atoms with van der Waals surface area (Å²) in [6.45, 7) is 7.35. The van der Waals surface area contributed by atoms with Crippen molar-refractivity contribution in [2.24, 2.45) is 0 Å². The van der Waals surface area contributed by atoms with Gasteiger partial charge in [-0.2, -0.15) is 0 Å². The summed E-state index contributed by atoms with van der Waals surface area (Å²) in [6.07, 6.45) is 2.03. The Bertz CT molecular complexity index is 943. The van der Waals surface area contributed by atoms with E-state index in [1.807, 2.05) is 38.1 Å². The number of benzene rings is 2. The molecule has 0 heterocycles. The van der Waals surface area contributed by atoms with Crippen LogP contribution in [0, 0.1) is 6.92 Å². The van der Waals surface area contributed by atoms with Crippen LogP contribution in [0.5, 0.6) is 0 Å². The van der Waals surface area contributed by atoms with Crippen LogP contribution in [0.25, 0.3) is 0 Å². The number of rotatable bonds is 7. The molecular weight excluding hydrogens is 396 g/mol. The molecule has 2 rings (SSSR count). The van der Waals surface area contributed by atoms with E-state index in [4.69, 9.17) is 11.6 Å². The fourth-order valence-corrected chi connectivity index (χ4v) is 4.33. The van der Waals surface area contributed by atoms with E-state index in [0.717, 1.165) is 28.1 Å². The molecule has 2 aromatic rings. The zero-order valence-electron chi connectivity index (χ0n) is 16.9. The van der Waals surface area contributed by atoms with Gasteiger partial charge >= 0.3 is 0 Å². The Morgan fingerprint density at radius 3 is 2.25 bits per heavy atom. The molecule has 0 aliphatic rings. The Kier molecular flexibility index (Phi) is 7.12. The van der Waals surface area contributed by atoms with Crippen molar-refractivity contribution in [1.82, 2.24) is 5.32 Å². The molecule has 7 heteroatoms. The summed E-state index contributed by atoms with van der Waals surface area (Å²) in [5.74, 6) is -0.380. The number of aryl methyl sites for hydroxylation is 2. The molecule has 0 aliphatic heterocycles. The molecule has 1 amide bonds. The summed E-state index contributed by atoms with van der Waals surface area (Å²) in [5, 5.41) is 3.35. The van der Waals surface area contributed by atoms with Crippen LogP contribution in [0.3, 0.4) is 0 Å². The van der Waals surface area contributed by atoms with Gasteiger partial charge in [0.2, 0.25) is 15.9 Å². The number of hydrogen-bond donors (Lipinski definition) is 1. The molecule has 5 nitrogen and oxygen atoms in total. The van der Waals surface area contributed by atoms with Crippen molar-refractivity contribution in [2.45, 2.75) is 46.2 Å². The molecule has 2 atom stereocenters. The van der Waals surface area contributed by atoms with Gasteiger partial charge < -0.3 is 5.32 Å². The standard InChI is InChI=1S/C21H27ClN2O3S/c1-6-17-8-10-18(11-9-17)15(3)23-21(25)16(4)24(28(5,26)27)19-12-7-14(2)20(22)13-19/h7-13,15-16H,6H2,1-5H3,(H,23,25)/t15-,16-/m1/s1. The molecule has 0 saturated heterocycles. The lowest BCUT2D eigenvalue weighted by atomic mass is 10.0. The highest BCUT2D eigenvalue weighted by Crippen LogP contribution is 2.27. The molecular formula is C21H27ClN2O3S. The van der Waals surface area contributed by atoms with Gasteiger partial charge in [0, 0.05) is 5.02 Å². The monoisotopic (exact) mass is 422 g/mol. The maximum absolute atomic E-state index is 12.8. The maximum atomic E-state index is 12.8. The topological polar surface area (TPSA) is 66.5 Å². The lowest BCUT2D eigenvalue weighted by molar-refractivity contribution is -0.122. The van der Waals surface area contributed by atoms with Crippen LogP contribution in [0.2, 0.25) is 5.02 Å². The van der Waals surface area contributed by atoms with Crippen molar-refractivity contribution >= 4 is 33.2 Å². The lowest BCUT2D eigenvalue weighted by Crippen LogP contribution is -2.48. The summed E-state index contributed by atoms with van der Waals surface area (Å²) >= 11 is 6.16. The zero-order chi connectivity index (χ0) is 21.1. The number of nitrogens with one attached hydrogen (secondary N) is 1. The van der Waals surface area contributed by atoms with Gasteiger partial charge in [0.05, 0.1) is 18.0 Å². The second kappa shape index (κ2) is 8.97. The van der Waals surface area contributed by atoms with Crippen molar-refractivity contribution < 1.29 is 13.2 Å². The second-order valence-corrected chi connectivity index (χ2v) is 9.26. The minimum absolute atomic E-state index is 0.246. The Morgan fingerprint density at radius 2 is 1.75 bits per heavy atom. The average molecular weight is 423 g/mol. The smallest absolute Gasteiger partial charge is 0.244 e. The van der Waals surface area contributed by atoms with E-state index in [1.54, 1.807) is 25.1 Å². The van der Waals surface area contributed by atoms with Gasteiger partial charge in [-0.05, 0) is 56.0 Å². The molecule has 0 aromatic heterocycles. The summed E-state index contributed by atoms with van der Waals surface area (Å²) in [4.78, 5) is 12.8. The van der Waals surface area contributed by atoms with Crippen LogP contribution >= 0.6 is 11.6 Å². The number of carbonyl (C=O) groups is 1. The first-order chi connectivity index (χ1) is 13.0. The van der Waals surface area contributed by atoms with Crippen molar-refractivity contribution in [3.05, 3.63) is 64.2 Å². The third kappa shape index (κ3) is 5.26. The molecule has 2 aromatic carbocycles. The Morgan fingerprint density at radius 1 is 1.14 bits per heavy atom. The van der Waals surface area contributed by atoms with Crippen LogP contribution in [0.1, 0.15) is 43.5 Å². The normalized spacial score (nSPS) is 13.6. The van der Waals surface area contributed by atoms with E-state index in [2.05, 4.69) is 12.2 Å². The molecule has 28 heavy (non-hydrogen) atoms. The van der Waals surface area contributed by atoms with Crippen LogP contribution in [-0.2, 0) is 21.2 Å². The Hall–Kier alpha value is -2.05. The predicted molar refractivity (Wildman–Crippen MR) is 115 cm³/mol. The molecule has 0 fully saturated rings. The first kappa shape index (κ1) is 22.2. The van der Waals surface area contributed by atoms with Crippen molar-refractivity contribution in [1.29, 1.82) is 0 Å². The van der Waals surface area contributed by atoms with Gasteiger partial charge in [-0.25, -0.2) is 8.42 Å². The summed E-state index contributed by atoms with van der Waals surface area (Å²) in [7, 11) is -3.69. The van der Waals surface area contributed by atoms with E-state index >= 15 is 0 Å². The quantitative estimate of drug-likeness (QED) is 0.725. The van der Waals surface area contributed by atoms with Gasteiger partial charge in [-0.15, -0.1) is 0 Å². The van der Waals surface area contributed by atoms with E-state index in [1.165, 1.54) is 5.56 Å².